The normalized spacial score (nSPS) is 11.4. The molecule has 0 aliphatic heterocycles. The van der Waals surface area contributed by atoms with Gasteiger partial charge < -0.3 is 4.74 Å². The van der Waals surface area contributed by atoms with Gasteiger partial charge >= 0.3 is 6.36 Å². The Bertz CT molecular complexity index is 428. The molecule has 16 heavy (non-hydrogen) atoms. The van der Waals surface area contributed by atoms with Crippen LogP contribution < -0.4 is 4.74 Å². The van der Waals surface area contributed by atoms with Gasteiger partial charge in [-0.1, -0.05) is 0 Å². The Morgan fingerprint density at radius 2 is 1.94 bits per heavy atom. The third-order valence-electron chi connectivity index (χ3n) is 1.63. The minimum atomic E-state index is -4.89. The van der Waals surface area contributed by atoms with E-state index in [1.807, 2.05) is 0 Å². The van der Waals surface area contributed by atoms with Crippen LogP contribution in [-0.4, -0.2) is 12.1 Å². The number of alkyl halides is 3. The Balaban J connectivity index is 3.24. The van der Waals surface area contributed by atoms with Crippen LogP contribution in [0.4, 0.5) is 17.6 Å². The topological polar surface area (TPSA) is 26.3 Å². The van der Waals surface area contributed by atoms with Gasteiger partial charge in [-0.15, -0.1) is 13.2 Å². The van der Waals surface area contributed by atoms with Crippen molar-refractivity contribution in [2.24, 2.45) is 0 Å². The molecule has 1 aromatic carbocycles. The van der Waals surface area contributed by atoms with Crippen molar-refractivity contribution >= 4 is 21.7 Å². The van der Waals surface area contributed by atoms with Gasteiger partial charge in [0.05, 0.1) is 10.0 Å². The maximum absolute atomic E-state index is 13.1. The molecule has 0 bridgehead atoms. The van der Waals surface area contributed by atoms with Crippen LogP contribution in [0.25, 0.3) is 0 Å². The van der Waals surface area contributed by atoms with Crippen LogP contribution in [0.1, 0.15) is 17.3 Å². The summed E-state index contributed by atoms with van der Waals surface area (Å²) in [4.78, 5) is 11.0. The van der Waals surface area contributed by atoms with Gasteiger partial charge in [0.1, 0.15) is 11.6 Å². The van der Waals surface area contributed by atoms with Crippen molar-refractivity contribution < 1.29 is 27.1 Å². The zero-order chi connectivity index (χ0) is 12.5. The van der Waals surface area contributed by atoms with Crippen molar-refractivity contribution in [1.29, 1.82) is 0 Å². The Morgan fingerprint density at radius 1 is 1.38 bits per heavy atom. The summed E-state index contributed by atoms with van der Waals surface area (Å²) in [5.74, 6) is -2.26. The maximum atomic E-state index is 13.1. The van der Waals surface area contributed by atoms with Gasteiger partial charge in [-0.05, 0) is 35.0 Å². The first-order valence-electron chi connectivity index (χ1n) is 3.97. The van der Waals surface area contributed by atoms with Gasteiger partial charge in [0, 0.05) is 0 Å². The Labute approximate surface area is 96.3 Å². The quantitative estimate of drug-likeness (QED) is 0.615. The first-order valence-corrected chi connectivity index (χ1v) is 4.76. The lowest BCUT2D eigenvalue weighted by Gasteiger charge is -2.12. The largest absolute Gasteiger partial charge is 0.573 e. The molecular weight excluding hydrogens is 296 g/mol. The van der Waals surface area contributed by atoms with Crippen molar-refractivity contribution in [3.8, 4) is 5.75 Å². The summed E-state index contributed by atoms with van der Waals surface area (Å²) in [6.45, 7) is 1.04. The van der Waals surface area contributed by atoms with E-state index in [2.05, 4.69) is 20.7 Å². The summed E-state index contributed by atoms with van der Waals surface area (Å²) < 4.78 is 52.2. The number of carbonyl (C=O) groups is 1. The first kappa shape index (κ1) is 13.0. The average Bonchev–Trinajstić information content (AvgIpc) is 2.07. The standard InChI is InChI=1S/C9H5BrF4O2/c1-4(15)7-5(11)2-3-6(8(7)10)16-9(12,13)14/h2-3H,1H3. The molecule has 7 heteroatoms. The lowest BCUT2D eigenvalue weighted by atomic mass is 10.1. The SMILES string of the molecule is CC(=O)c1c(F)ccc(OC(F)(F)F)c1Br. The van der Waals surface area contributed by atoms with Crippen molar-refractivity contribution in [3.63, 3.8) is 0 Å². The van der Waals surface area contributed by atoms with E-state index >= 15 is 0 Å². The first-order chi connectivity index (χ1) is 7.22. The number of Topliss-reactive ketones (excluding diaryl/α,β-unsaturated/α-hetero) is 1. The van der Waals surface area contributed by atoms with E-state index in [0.29, 0.717) is 0 Å². The van der Waals surface area contributed by atoms with Crippen LogP contribution in [0, 0.1) is 5.82 Å². The molecule has 0 saturated carbocycles. The third-order valence-corrected chi connectivity index (χ3v) is 2.42. The second kappa shape index (κ2) is 4.40. The molecule has 0 unspecified atom stereocenters. The van der Waals surface area contributed by atoms with Gasteiger partial charge in [-0.3, -0.25) is 4.79 Å². The number of hydrogen-bond acceptors (Lipinski definition) is 2. The smallest absolute Gasteiger partial charge is 0.405 e. The molecule has 88 valence electrons. The molecular formula is C9H5BrF4O2. The molecule has 0 spiro atoms. The zero-order valence-corrected chi connectivity index (χ0v) is 9.45. The number of ketones is 1. The van der Waals surface area contributed by atoms with E-state index in [-0.39, 0.29) is 4.47 Å². The van der Waals surface area contributed by atoms with E-state index in [9.17, 15) is 22.4 Å². The van der Waals surface area contributed by atoms with Gasteiger partial charge in [-0.2, -0.15) is 0 Å². The zero-order valence-electron chi connectivity index (χ0n) is 7.86. The Hall–Kier alpha value is -1.11. The van der Waals surface area contributed by atoms with Crippen LogP contribution in [0.3, 0.4) is 0 Å². The molecule has 0 radical (unpaired) electrons. The lowest BCUT2D eigenvalue weighted by Crippen LogP contribution is -2.18. The Kier molecular flexibility index (Phi) is 3.57. The summed E-state index contributed by atoms with van der Waals surface area (Å²) in [5.41, 5.74) is -0.471. The number of halogens is 5. The highest BCUT2D eigenvalue weighted by Gasteiger charge is 2.33. The highest BCUT2D eigenvalue weighted by Crippen LogP contribution is 2.34. The summed E-state index contributed by atoms with van der Waals surface area (Å²) in [7, 11) is 0. The molecule has 0 amide bonds. The molecule has 2 nitrogen and oxygen atoms in total. The van der Waals surface area contributed by atoms with Crippen molar-refractivity contribution in [2.45, 2.75) is 13.3 Å². The summed E-state index contributed by atoms with van der Waals surface area (Å²) in [6.07, 6.45) is -4.89. The van der Waals surface area contributed by atoms with Crippen LogP contribution in [0.2, 0.25) is 0 Å². The van der Waals surface area contributed by atoms with Crippen LogP contribution in [-0.2, 0) is 0 Å². The van der Waals surface area contributed by atoms with Gasteiger partial charge in [0.2, 0.25) is 0 Å². The number of carbonyl (C=O) groups excluding carboxylic acids is 1. The second-order valence-corrected chi connectivity index (χ2v) is 3.63. The molecule has 0 saturated heterocycles. The fourth-order valence-electron chi connectivity index (χ4n) is 1.06. The van der Waals surface area contributed by atoms with E-state index < -0.39 is 29.3 Å². The predicted octanol–water partition coefficient (Wildman–Crippen LogP) is 3.69. The Morgan fingerprint density at radius 3 is 2.38 bits per heavy atom. The van der Waals surface area contributed by atoms with Crippen LogP contribution in [0.15, 0.2) is 16.6 Å². The highest BCUT2D eigenvalue weighted by molar-refractivity contribution is 9.10. The summed E-state index contributed by atoms with van der Waals surface area (Å²) in [5, 5.41) is 0. The van der Waals surface area contributed by atoms with Gasteiger partial charge in [0.15, 0.2) is 5.78 Å². The van der Waals surface area contributed by atoms with E-state index in [1.54, 1.807) is 0 Å². The van der Waals surface area contributed by atoms with E-state index in [4.69, 9.17) is 0 Å². The molecule has 0 N–H and O–H groups in total. The fraction of sp³-hybridized carbons (Fsp3) is 0.222. The predicted molar refractivity (Wildman–Crippen MR) is 50.8 cm³/mol. The van der Waals surface area contributed by atoms with Crippen molar-refractivity contribution in [2.75, 3.05) is 0 Å². The van der Waals surface area contributed by atoms with Crippen LogP contribution >= 0.6 is 15.9 Å². The molecule has 1 aromatic rings. The molecule has 0 heterocycles. The monoisotopic (exact) mass is 300 g/mol. The van der Waals surface area contributed by atoms with E-state index in [1.165, 1.54) is 0 Å². The van der Waals surface area contributed by atoms with Crippen molar-refractivity contribution in [3.05, 3.63) is 28.0 Å². The minimum absolute atomic E-state index is 0.350. The molecule has 0 aromatic heterocycles. The molecule has 0 fully saturated rings. The van der Waals surface area contributed by atoms with Crippen molar-refractivity contribution in [1.82, 2.24) is 0 Å². The number of ether oxygens (including phenoxy) is 1. The summed E-state index contributed by atoms with van der Waals surface area (Å²) in [6, 6.07) is 1.53. The number of hydrogen-bond donors (Lipinski definition) is 0. The highest BCUT2D eigenvalue weighted by atomic mass is 79.9. The lowest BCUT2D eigenvalue weighted by molar-refractivity contribution is -0.274. The molecule has 0 atom stereocenters. The van der Waals surface area contributed by atoms with E-state index in [0.717, 1.165) is 19.1 Å². The third kappa shape index (κ3) is 2.94. The second-order valence-electron chi connectivity index (χ2n) is 2.84. The minimum Gasteiger partial charge on any atom is -0.405 e. The number of benzene rings is 1. The van der Waals surface area contributed by atoms with Gasteiger partial charge in [-0.25, -0.2) is 4.39 Å². The fourth-order valence-corrected chi connectivity index (χ4v) is 1.74. The van der Waals surface area contributed by atoms with Crippen LogP contribution in [0.5, 0.6) is 5.75 Å². The number of rotatable bonds is 2. The van der Waals surface area contributed by atoms with Gasteiger partial charge in [0.25, 0.3) is 0 Å². The molecule has 0 aliphatic carbocycles. The average molecular weight is 301 g/mol. The molecule has 1 rings (SSSR count). The molecule has 0 aliphatic rings. The summed E-state index contributed by atoms with van der Waals surface area (Å²) >= 11 is 2.70. The maximum Gasteiger partial charge on any atom is 0.573 e.